The van der Waals surface area contributed by atoms with E-state index in [1.54, 1.807) is 6.92 Å². The topological polar surface area (TPSA) is 57.9 Å². The van der Waals surface area contributed by atoms with Crippen molar-refractivity contribution in [2.24, 2.45) is 0 Å². The molecular formula is C28H36O5. The minimum Gasteiger partial charge on any atom is -0.494 e. The molecule has 1 atom stereocenters. The number of fused-ring (bicyclic) bond motifs is 1. The SMILES string of the molecule is CCCCC(CCOc1ccc(OCC(=O)OCC)c(C)c1)c1oc2cc(C)ccc2c1C. The largest absolute Gasteiger partial charge is 0.494 e. The number of hydrogen-bond donors (Lipinski definition) is 0. The lowest BCUT2D eigenvalue weighted by molar-refractivity contribution is -0.145. The van der Waals surface area contributed by atoms with Crippen LogP contribution in [0.1, 0.15) is 67.9 Å². The van der Waals surface area contributed by atoms with Crippen molar-refractivity contribution in [3.8, 4) is 11.5 Å². The molecule has 5 heteroatoms. The number of hydrogen-bond acceptors (Lipinski definition) is 5. The van der Waals surface area contributed by atoms with Gasteiger partial charge in [-0.3, -0.25) is 0 Å². The van der Waals surface area contributed by atoms with Crippen molar-refractivity contribution < 1.29 is 23.4 Å². The Morgan fingerprint density at radius 1 is 1.00 bits per heavy atom. The van der Waals surface area contributed by atoms with Crippen LogP contribution in [0.3, 0.4) is 0 Å². The summed E-state index contributed by atoms with van der Waals surface area (Å²) in [4.78, 5) is 11.5. The zero-order valence-corrected chi connectivity index (χ0v) is 20.5. The molecule has 33 heavy (non-hydrogen) atoms. The molecule has 3 aromatic rings. The normalized spacial score (nSPS) is 12.0. The number of esters is 1. The maximum absolute atomic E-state index is 11.5. The van der Waals surface area contributed by atoms with E-state index in [2.05, 4.69) is 39.0 Å². The third kappa shape index (κ3) is 6.53. The van der Waals surface area contributed by atoms with E-state index in [1.165, 1.54) is 16.5 Å². The molecule has 2 aromatic carbocycles. The Bertz CT molecular complexity index is 1070. The first kappa shape index (κ1) is 24.7. The van der Waals surface area contributed by atoms with Crippen molar-refractivity contribution in [3.63, 3.8) is 0 Å². The van der Waals surface area contributed by atoms with E-state index in [1.807, 2.05) is 25.1 Å². The van der Waals surface area contributed by atoms with Gasteiger partial charge in [-0.25, -0.2) is 4.79 Å². The van der Waals surface area contributed by atoms with Gasteiger partial charge >= 0.3 is 5.97 Å². The number of unbranched alkanes of at least 4 members (excludes halogenated alkanes) is 1. The Balaban J connectivity index is 1.63. The minimum absolute atomic E-state index is 0.0929. The molecule has 178 valence electrons. The zero-order valence-electron chi connectivity index (χ0n) is 20.5. The lowest BCUT2D eigenvalue weighted by Gasteiger charge is -2.16. The molecule has 0 aliphatic rings. The van der Waals surface area contributed by atoms with Crippen LogP contribution in [-0.4, -0.2) is 25.8 Å². The molecule has 0 amide bonds. The standard InChI is InChI=1S/C28H36O5/c1-6-8-9-22(28-21(5)24-12-10-19(3)16-26(24)33-28)14-15-31-23-11-13-25(20(4)17-23)32-18-27(29)30-7-2/h10-13,16-17,22H,6-9,14-15,18H2,1-5H3. The van der Waals surface area contributed by atoms with E-state index in [-0.39, 0.29) is 12.6 Å². The van der Waals surface area contributed by atoms with Crippen molar-refractivity contribution in [2.75, 3.05) is 19.8 Å². The van der Waals surface area contributed by atoms with E-state index in [9.17, 15) is 4.79 Å². The molecular weight excluding hydrogens is 416 g/mol. The van der Waals surface area contributed by atoms with E-state index in [0.29, 0.717) is 24.9 Å². The Morgan fingerprint density at radius 3 is 2.55 bits per heavy atom. The quantitative estimate of drug-likeness (QED) is 0.276. The summed E-state index contributed by atoms with van der Waals surface area (Å²) in [6, 6.07) is 12.1. The second kappa shape index (κ2) is 11.8. The molecule has 3 rings (SSSR count). The maximum atomic E-state index is 11.5. The summed E-state index contributed by atoms with van der Waals surface area (Å²) in [7, 11) is 0. The van der Waals surface area contributed by atoms with Crippen LogP contribution in [0.4, 0.5) is 0 Å². The van der Waals surface area contributed by atoms with Gasteiger partial charge in [-0.05, 0) is 81.5 Å². The molecule has 0 fully saturated rings. The Labute approximate surface area is 197 Å². The van der Waals surface area contributed by atoms with Crippen LogP contribution in [0.15, 0.2) is 40.8 Å². The van der Waals surface area contributed by atoms with Crippen molar-refractivity contribution in [2.45, 2.75) is 66.2 Å². The highest BCUT2D eigenvalue weighted by atomic mass is 16.6. The first-order chi connectivity index (χ1) is 15.9. The summed E-state index contributed by atoms with van der Waals surface area (Å²) in [6.45, 7) is 11.0. The highest BCUT2D eigenvalue weighted by Gasteiger charge is 2.20. The van der Waals surface area contributed by atoms with Crippen LogP contribution in [-0.2, 0) is 9.53 Å². The third-order valence-electron chi connectivity index (χ3n) is 5.94. The Hall–Kier alpha value is -2.95. The van der Waals surface area contributed by atoms with Gasteiger partial charge in [-0.2, -0.15) is 0 Å². The van der Waals surface area contributed by atoms with Crippen molar-refractivity contribution in [1.82, 2.24) is 0 Å². The minimum atomic E-state index is -0.369. The Morgan fingerprint density at radius 2 is 1.82 bits per heavy atom. The van der Waals surface area contributed by atoms with Gasteiger partial charge in [0.2, 0.25) is 0 Å². The molecule has 0 aliphatic heterocycles. The van der Waals surface area contributed by atoms with Gasteiger partial charge in [0.25, 0.3) is 0 Å². The van der Waals surface area contributed by atoms with E-state index in [0.717, 1.165) is 48.3 Å². The van der Waals surface area contributed by atoms with Crippen LogP contribution in [0, 0.1) is 20.8 Å². The fourth-order valence-electron chi connectivity index (χ4n) is 4.13. The first-order valence-corrected chi connectivity index (χ1v) is 11.9. The number of carbonyl (C=O) groups excluding carboxylic acids is 1. The van der Waals surface area contributed by atoms with Gasteiger partial charge in [0.15, 0.2) is 6.61 Å². The molecule has 0 aliphatic carbocycles. The van der Waals surface area contributed by atoms with Gasteiger partial charge in [0, 0.05) is 11.3 Å². The monoisotopic (exact) mass is 452 g/mol. The van der Waals surface area contributed by atoms with Gasteiger partial charge < -0.3 is 18.6 Å². The van der Waals surface area contributed by atoms with Gasteiger partial charge in [0.05, 0.1) is 13.2 Å². The van der Waals surface area contributed by atoms with Crippen LogP contribution in [0.25, 0.3) is 11.0 Å². The summed E-state index contributed by atoms with van der Waals surface area (Å²) in [5, 5.41) is 1.20. The maximum Gasteiger partial charge on any atom is 0.344 e. The van der Waals surface area contributed by atoms with E-state index < -0.39 is 0 Å². The van der Waals surface area contributed by atoms with E-state index >= 15 is 0 Å². The molecule has 5 nitrogen and oxygen atoms in total. The highest BCUT2D eigenvalue weighted by molar-refractivity contribution is 5.82. The summed E-state index contributed by atoms with van der Waals surface area (Å²) in [5.41, 5.74) is 4.34. The number of carbonyl (C=O) groups is 1. The number of rotatable bonds is 12. The average molecular weight is 453 g/mol. The molecule has 0 radical (unpaired) electrons. The van der Waals surface area contributed by atoms with Gasteiger partial charge in [-0.1, -0.05) is 31.9 Å². The highest BCUT2D eigenvalue weighted by Crippen LogP contribution is 2.35. The molecule has 0 bridgehead atoms. The summed E-state index contributed by atoms with van der Waals surface area (Å²) >= 11 is 0. The second-order valence-corrected chi connectivity index (χ2v) is 8.59. The van der Waals surface area contributed by atoms with Gasteiger partial charge in [-0.15, -0.1) is 0 Å². The van der Waals surface area contributed by atoms with Gasteiger partial charge in [0.1, 0.15) is 22.8 Å². The Kier molecular flexibility index (Phi) is 8.81. The van der Waals surface area contributed by atoms with Crippen molar-refractivity contribution in [1.29, 1.82) is 0 Å². The molecule has 0 saturated carbocycles. The third-order valence-corrected chi connectivity index (χ3v) is 5.94. The van der Waals surface area contributed by atoms with E-state index in [4.69, 9.17) is 18.6 Å². The fourth-order valence-corrected chi connectivity index (χ4v) is 4.13. The summed E-state index contributed by atoms with van der Waals surface area (Å²) in [5.74, 6) is 2.50. The number of benzene rings is 2. The summed E-state index contributed by atoms with van der Waals surface area (Å²) in [6.07, 6.45) is 4.28. The van der Waals surface area contributed by atoms with Crippen LogP contribution >= 0.6 is 0 Å². The fraction of sp³-hybridized carbons (Fsp3) is 0.464. The predicted molar refractivity (Wildman–Crippen MR) is 131 cm³/mol. The van der Waals surface area contributed by atoms with Crippen molar-refractivity contribution in [3.05, 3.63) is 58.8 Å². The molecule has 1 unspecified atom stereocenters. The number of ether oxygens (including phenoxy) is 3. The molecule has 0 spiro atoms. The van der Waals surface area contributed by atoms with Crippen molar-refractivity contribution >= 4 is 16.9 Å². The predicted octanol–water partition coefficient (Wildman–Crippen LogP) is 7.04. The number of furan rings is 1. The van der Waals surface area contributed by atoms with Crippen LogP contribution in [0.5, 0.6) is 11.5 Å². The smallest absolute Gasteiger partial charge is 0.344 e. The summed E-state index contributed by atoms with van der Waals surface area (Å²) < 4.78 is 22.9. The first-order valence-electron chi connectivity index (χ1n) is 11.9. The van der Waals surface area contributed by atoms with Crippen LogP contribution in [0.2, 0.25) is 0 Å². The molecule has 0 saturated heterocycles. The second-order valence-electron chi connectivity index (χ2n) is 8.59. The molecule has 1 heterocycles. The lowest BCUT2D eigenvalue weighted by Crippen LogP contribution is -2.15. The average Bonchev–Trinajstić information content (AvgIpc) is 3.11. The molecule has 0 N–H and O–H groups in total. The number of aryl methyl sites for hydroxylation is 3. The zero-order chi connectivity index (χ0) is 23.8. The molecule has 1 aromatic heterocycles. The van der Waals surface area contributed by atoms with Crippen LogP contribution < -0.4 is 9.47 Å². The lowest BCUT2D eigenvalue weighted by atomic mass is 9.93.